The van der Waals surface area contributed by atoms with E-state index in [0.717, 1.165) is 13.2 Å². The Kier molecular flexibility index (Phi) is 3.35. The number of hydrogen-bond acceptors (Lipinski definition) is 3. The van der Waals surface area contributed by atoms with E-state index < -0.39 is 20.6 Å². The molecule has 0 radical (unpaired) electrons. The van der Waals surface area contributed by atoms with E-state index >= 15 is 0 Å². The van der Waals surface area contributed by atoms with Crippen molar-refractivity contribution in [1.29, 1.82) is 0 Å². The Morgan fingerprint density at radius 3 is 2.70 bits per heavy atom. The van der Waals surface area contributed by atoms with Gasteiger partial charge in [-0.15, -0.1) is 0 Å². The van der Waals surface area contributed by atoms with Crippen LogP contribution in [-0.2, 0) is 6.13 Å². The number of likely N-dealkylation sites (N-methyl/N-ethyl adjacent to an activating group) is 1. The summed E-state index contributed by atoms with van der Waals surface area (Å²) in [5, 5.41) is 0. The predicted molar refractivity (Wildman–Crippen MR) is 49.3 cm³/mol. The monoisotopic (exact) mass is 259 g/mol. The summed E-state index contributed by atoms with van der Waals surface area (Å²) in [6, 6.07) is 0. The van der Waals surface area contributed by atoms with Crippen molar-refractivity contribution in [3.63, 3.8) is 0 Å². The van der Waals surface area contributed by atoms with Crippen LogP contribution in [0.3, 0.4) is 0 Å². The van der Waals surface area contributed by atoms with Crippen LogP contribution in [-0.4, -0.2) is 43.2 Å². The Balaban J connectivity index is 2.18. The van der Waals surface area contributed by atoms with Gasteiger partial charge in [-0.2, -0.15) is 0 Å². The first-order valence-electron chi connectivity index (χ1n) is 3.24. The first-order chi connectivity index (χ1) is 4.68. The normalized spacial score (nSPS) is 30.0. The summed E-state index contributed by atoms with van der Waals surface area (Å²) in [6.45, 7) is 1.79. The number of hydrogen-bond donors (Lipinski definition) is 0. The summed E-state index contributed by atoms with van der Waals surface area (Å²) in [6.07, 6.45) is 0.338. The van der Waals surface area contributed by atoms with Crippen molar-refractivity contribution >= 4 is 20.6 Å². The van der Waals surface area contributed by atoms with E-state index in [1.807, 2.05) is 0 Å². The number of nitrogens with zero attached hydrogens (tertiary/aromatic N) is 1. The van der Waals surface area contributed by atoms with Crippen molar-refractivity contribution in [1.82, 2.24) is 4.90 Å². The van der Waals surface area contributed by atoms with Crippen LogP contribution in [0.2, 0.25) is 0 Å². The SMILES string of the molecule is CN(C)CC1COI(C)O1. The van der Waals surface area contributed by atoms with Gasteiger partial charge in [-0.1, -0.05) is 0 Å². The third-order valence-corrected chi connectivity index (χ3v) is 3.89. The summed E-state index contributed by atoms with van der Waals surface area (Å²) in [7, 11) is 4.10. The minimum absolute atomic E-state index is 0.338. The minimum atomic E-state index is -1.34. The van der Waals surface area contributed by atoms with Crippen molar-refractivity contribution < 1.29 is 6.13 Å². The Morgan fingerprint density at radius 1 is 1.60 bits per heavy atom. The third kappa shape index (κ3) is 2.69. The predicted octanol–water partition coefficient (Wildman–Crippen LogP) is 0.930. The van der Waals surface area contributed by atoms with Crippen molar-refractivity contribution in [3.05, 3.63) is 0 Å². The van der Waals surface area contributed by atoms with Crippen LogP contribution >= 0.6 is 20.6 Å². The van der Waals surface area contributed by atoms with E-state index in [-0.39, 0.29) is 0 Å². The van der Waals surface area contributed by atoms with Crippen molar-refractivity contribution in [2.24, 2.45) is 0 Å². The van der Waals surface area contributed by atoms with E-state index in [4.69, 9.17) is 6.13 Å². The molecule has 0 aliphatic carbocycles. The van der Waals surface area contributed by atoms with Gasteiger partial charge in [0.15, 0.2) is 0 Å². The zero-order valence-electron chi connectivity index (χ0n) is 6.63. The quantitative estimate of drug-likeness (QED) is 0.544. The fourth-order valence-electron chi connectivity index (χ4n) is 0.876. The number of alkyl halides is 1. The van der Waals surface area contributed by atoms with E-state index in [2.05, 4.69) is 23.9 Å². The number of rotatable bonds is 2. The van der Waals surface area contributed by atoms with Crippen molar-refractivity contribution in [2.45, 2.75) is 6.10 Å². The van der Waals surface area contributed by atoms with Gasteiger partial charge in [0.2, 0.25) is 0 Å². The van der Waals surface area contributed by atoms with Gasteiger partial charge in [-0.25, -0.2) is 0 Å². The van der Waals surface area contributed by atoms with Crippen LogP contribution in [0.25, 0.3) is 0 Å². The van der Waals surface area contributed by atoms with Crippen molar-refractivity contribution in [3.8, 4) is 0 Å². The fourth-order valence-corrected chi connectivity index (χ4v) is 3.25. The first-order valence-corrected chi connectivity index (χ1v) is 7.16. The Morgan fingerprint density at radius 2 is 2.30 bits per heavy atom. The van der Waals surface area contributed by atoms with Crippen LogP contribution in [0.15, 0.2) is 0 Å². The molecule has 0 N–H and O–H groups in total. The molecule has 1 rings (SSSR count). The van der Waals surface area contributed by atoms with Gasteiger partial charge in [0.05, 0.1) is 0 Å². The molecule has 3 nitrogen and oxygen atoms in total. The maximum atomic E-state index is 5.56. The zero-order valence-corrected chi connectivity index (χ0v) is 8.79. The van der Waals surface area contributed by atoms with Gasteiger partial charge in [0, 0.05) is 0 Å². The summed E-state index contributed by atoms with van der Waals surface area (Å²) < 4.78 is 10.9. The molecule has 0 bridgehead atoms. The van der Waals surface area contributed by atoms with Gasteiger partial charge in [0.25, 0.3) is 0 Å². The second kappa shape index (κ2) is 3.85. The summed E-state index contributed by atoms with van der Waals surface area (Å²) in [5.41, 5.74) is 0. The topological polar surface area (TPSA) is 21.7 Å². The fraction of sp³-hybridized carbons (Fsp3) is 1.00. The van der Waals surface area contributed by atoms with Crippen LogP contribution < -0.4 is 0 Å². The number of halogens is 1. The van der Waals surface area contributed by atoms with E-state index in [1.54, 1.807) is 0 Å². The zero-order chi connectivity index (χ0) is 7.56. The van der Waals surface area contributed by atoms with Gasteiger partial charge >= 0.3 is 70.0 Å². The molecule has 0 aromatic carbocycles. The summed E-state index contributed by atoms with van der Waals surface area (Å²) in [4.78, 5) is 4.21. The first kappa shape index (κ1) is 8.70. The molecule has 62 valence electrons. The standard InChI is InChI=1S/C6H14INO2/c1-7-9-5-6(10-7)4-8(2)3/h6H,4-5H2,1-3H3. The van der Waals surface area contributed by atoms with E-state index in [1.165, 1.54) is 0 Å². The molecular weight excluding hydrogens is 245 g/mol. The van der Waals surface area contributed by atoms with Gasteiger partial charge in [0.1, 0.15) is 0 Å². The Bertz CT molecular complexity index is 110. The molecule has 10 heavy (non-hydrogen) atoms. The second-order valence-electron chi connectivity index (χ2n) is 2.62. The molecule has 0 amide bonds. The molecular formula is C6H14INO2. The molecule has 0 spiro atoms. The van der Waals surface area contributed by atoms with Crippen LogP contribution in [0.4, 0.5) is 0 Å². The van der Waals surface area contributed by atoms with E-state index in [9.17, 15) is 0 Å². The molecule has 1 saturated heterocycles. The molecule has 0 aromatic rings. The van der Waals surface area contributed by atoms with Crippen LogP contribution in [0, 0.1) is 0 Å². The molecule has 1 aliphatic rings. The molecule has 1 heterocycles. The Hall–Kier alpha value is 0.610. The molecule has 1 aliphatic heterocycles. The van der Waals surface area contributed by atoms with Crippen LogP contribution in [0.1, 0.15) is 0 Å². The third-order valence-electron chi connectivity index (χ3n) is 1.22. The molecule has 0 aromatic heterocycles. The second-order valence-corrected chi connectivity index (χ2v) is 5.87. The Labute approximate surface area is 70.2 Å². The van der Waals surface area contributed by atoms with Gasteiger partial charge < -0.3 is 0 Å². The van der Waals surface area contributed by atoms with Crippen molar-refractivity contribution in [2.75, 3.05) is 32.2 Å². The maximum absolute atomic E-state index is 5.56. The molecule has 4 heteroatoms. The average molecular weight is 259 g/mol. The molecule has 1 atom stereocenters. The molecule has 1 unspecified atom stereocenters. The van der Waals surface area contributed by atoms with Gasteiger partial charge in [-0.3, -0.25) is 0 Å². The van der Waals surface area contributed by atoms with Gasteiger partial charge in [-0.05, 0) is 0 Å². The summed E-state index contributed by atoms with van der Waals surface area (Å²) in [5.74, 6) is 0. The molecule has 0 saturated carbocycles. The average Bonchev–Trinajstić information content (AvgIpc) is 2.13. The van der Waals surface area contributed by atoms with Crippen LogP contribution in [0.5, 0.6) is 0 Å². The molecule has 1 fully saturated rings. The summed E-state index contributed by atoms with van der Waals surface area (Å²) >= 11 is -1.34. The van der Waals surface area contributed by atoms with E-state index in [0.29, 0.717) is 6.10 Å².